The maximum absolute atomic E-state index is 13.5. The molecule has 0 saturated heterocycles. The summed E-state index contributed by atoms with van der Waals surface area (Å²) in [6, 6.07) is 22.4. The Kier molecular flexibility index (Phi) is 5.38. The fourth-order valence-electron chi connectivity index (χ4n) is 4.11. The lowest BCUT2D eigenvalue weighted by Crippen LogP contribution is -2.13. The third kappa shape index (κ3) is 4.10. The molecule has 3 aromatic carbocycles. The number of rotatable bonds is 5. The maximum atomic E-state index is 13.5. The number of nitrogens with zero attached hydrogens (tertiary/aromatic N) is 3. The highest BCUT2D eigenvalue weighted by Gasteiger charge is 2.18. The second kappa shape index (κ2) is 8.51. The number of fused-ring (bicyclic) bond motifs is 1. The predicted molar refractivity (Wildman–Crippen MR) is 131 cm³/mol. The quantitative estimate of drug-likeness (QED) is 0.342. The van der Waals surface area contributed by atoms with E-state index >= 15 is 0 Å². The van der Waals surface area contributed by atoms with Crippen LogP contribution in [0.1, 0.15) is 29.2 Å². The van der Waals surface area contributed by atoms with Crippen LogP contribution in [0, 0.1) is 13.8 Å². The summed E-state index contributed by atoms with van der Waals surface area (Å²) in [5.41, 5.74) is 6.69. The van der Waals surface area contributed by atoms with Crippen LogP contribution in [0.15, 0.2) is 82.2 Å². The van der Waals surface area contributed by atoms with Gasteiger partial charge in [0.05, 0.1) is 5.52 Å². The van der Waals surface area contributed by atoms with Gasteiger partial charge in [0.15, 0.2) is 0 Å². The van der Waals surface area contributed by atoms with E-state index in [2.05, 4.69) is 58.9 Å². The van der Waals surface area contributed by atoms with Gasteiger partial charge in [0, 0.05) is 23.7 Å². The molecule has 0 fully saturated rings. The Bertz CT molecular complexity index is 1510. The average Bonchev–Trinajstić information content (AvgIpc) is 3.31. The number of aromatic nitrogens is 3. The average molecular weight is 436 g/mol. The van der Waals surface area contributed by atoms with Crippen molar-refractivity contribution in [3.8, 4) is 22.8 Å². The molecule has 5 rings (SSSR count). The molecule has 0 N–H and O–H groups in total. The van der Waals surface area contributed by atoms with Crippen LogP contribution >= 0.6 is 0 Å². The Morgan fingerprint density at radius 2 is 1.73 bits per heavy atom. The largest absolute Gasteiger partial charge is 0.342 e. The topological polar surface area (TPSA) is 60.9 Å². The number of hydrogen-bond donors (Lipinski definition) is 0. The first-order valence-corrected chi connectivity index (χ1v) is 11.1. The fourth-order valence-corrected chi connectivity index (χ4v) is 4.11. The van der Waals surface area contributed by atoms with Crippen molar-refractivity contribution in [1.82, 2.24) is 14.7 Å². The van der Waals surface area contributed by atoms with Crippen LogP contribution in [0.4, 0.5) is 0 Å². The molecule has 5 heteroatoms. The highest BCUT2D eigenvalue weighted by molar-refractivity contribution is 5.83. The molecule has 0 amide bonds. The summed E-state index contributed by atoms with van der Waals surface area (Å²) in [7, 11) is 0. The molecule has 0 aliphatic carbocycles. The zero-order valence-electron chi connectivity index (χ0n) is 19.0. The van der Waals surface area contributed by atoms with E-state index in [1.54, 1.807) is 0 Å². The van der Waals surface area contributed by atoms with Crippen LogP contribution in [0.3, 0.4) is 0 Å². The Balaban J connectivity index is 1.66. The van der Waals surface area contributed by atoms with Gasteiger partial charge in [-0.2, -0.15) is 4.98 Å². The zero-order chi connectivity index (χ0) is 22.9. The summed E-state index contributed by atoms with van der Waals surface area (Å²) in [6.45, 7) is 6.83. The molecule has 2 aromatic heterocycles. The van der Waals surface area contributed by atoms with Crippen LogP contribution in [-0.2, 0) is 13.0 Å². The molecule has 0 atom stereocenters. The van der Waals surface area contributed by atoms with Gasteiger partial charge in [-0.05, 0) is 43.5 Å². The Morgan fingerprint density at radius 3 is 2.48 bits per heavy atom. The second-order valence-electron chi connectivity index (χ2n) is 8.48. The molecule has 2 heterocycles. The van der Waals surface area contributed by atoms with Gasteiger partial charge >= 0.3 is 0 Å². The molecule has 0 radical (unpaired) electrons. The van der Waals surface area contributed by atoms with E-state index in [0.717, 1.165) is 34.2 Å². The Morgan fingerprint density at radius 1 is 0.909 bits per heavy atom. The van der Waals surface area contributed by atoms with Gasteiger partial charge in [-0.1, -0.05) is 77.8 Å². The summed E-state index contributed by atoms with van der Waals surface area (Å²) in [4.78, 5) is 18.1. The lowest BCUT2D eigenvalue weighted by molar-refractivity contribution is 0.431. The van der Waals surface area contributed by atoms with Crippen molar-refractivity contribution in [3.05, 3.63) is 105 Å². The van der Waals surface area contributed by atoms with Gasteiger partial charge in [-0.25, -0.2) is 0 Å². The van der Waals surface area contributed by atoms with E-state index in [0.29, 0.717) is 23.3 Å². The molecule has 5 aromatic rings. The molecule has 0 spiro atoms. The minimum Gasteiger partial charge on any atom is -0.342 e. The third-order valence-corrected chi connectivity index (χ3v) is 5.95. The number of pyridine rings is 1. The normalized spacial score (nSPS) is 11.2. The van der Waals surface area contributed by atoms with Crippen molar-refractivity contribution < 1.29 is 4.52 Å². The molecular weight excluding hydrogens is 410 g/mol. The smallest absolute Gasteiger partial charge is 0.263 e. The predicted octanol–water partition coefficient (Wildman–Crippen LogP) is 5.95. The number of benzene rings is 3. The minimum absolute atomic E-state index is 0.0973. The first-order chi connectivity index (χ1) is 16.0. The molecule has 164 valence electrons. The van der Waals surface area contributed by atoms with E-state index in [4.69, 9.17) is 4.52 Å². The minimum atomic E-state index is -0.0973. The summed E-state index contributed by atoms with van der Waals surface area (Å²) in [6.07, 6.45) is 2.70. The van der Waals surface area contributed by atoms with Crippen LogP contribution < -0.4 is 5.43 Å². The molecule has 0 unspecified atom stereocenters. The van der Waals surface area contributed by atoms with E-state index < -0.39 is 0 Å². The standard InChI is InChI=1S/C28H25N3O2/c1-4-20-10-13-25-23(15-20)26(32)24(17-31(25)16-21-7-5-6-19(3)14-21)28-29-27(30-33-28)22-11-8-18(2)9-12-22/h5-15,17H,4,16H2,1-3H3. The zero-order valence-corrected chi connectivity index (χ0v) is 19.0. The van der Waals surface area contributed by atoms with Crippen LogP contribution in [0.5, 0.6) is 0 Å². The van der Waals surface area contributed by atoms with E-state index in [1.807, 2.05) is 49.5 Å². The third-order valence-electron chi connectivity index (χ3n) is 5.95. The number of aryl methyl sites for hydroxylation is 3. The van der Waals surface area contributed by atoms with Crippen molar-refractivity contribution in [1.29, 1.82) is 0 Å². The monoisotopic (exact) mass is 435 g/mol. The summed E-state index contributed by atoms with van der Waals surface area (Å²) < 4.78 is 7.66. The van der Waals surface area contributed by atoms with Gasteiger partial charge in [0.1, 0.15) is 5.56 Å². The second-order valence-corrected chi connectivity index (χ2v) is 8.48. The Labute approximate surface area is 192 Å². The lowest BCUT2D eigenvalue weighted by Gasteiger charge is -2.14. The molecule has 5 nitrogen and oxygen atoms in total. The van der Waals surface area contributed by atoms with Gasteiger partial charge in [0.2, 0.25) is 11.3 Å². The van der Waals surface area contributed by atoms with Gasteiger partial charge in [-0.3, -0.25) is 4.79 Å². The van der Waals surface area contributed by atoms with Crippen LogP contribution in [0.25, 0.3) is 33.7 Å². The molecule has 0 aliphatic heterocycles. The summed E-state index contributed by atoms with van der Waals surface area (Å²) in [5, 5.41) is 4.80. The van der Waals surface area contributed by atoms with Crippen molar-refractivity contribution in [3.63, 3.8) is 0 Å². The molecule has 0 saturated carbocycles. The molecule has 0 bridgehead atoms. The molecular formula is C28H25N3O2. The number of hydrogen-bond acceptors (Lipinski definition) is 4. The van der Waals surface area contributed by atoms with E-state index in [1.165, 1.54) is 5.56 Å². The maximum Gasteiger partial charge on any atom is 0.263 e. The van der Waals surface area contributed by atoms with Crippen molar-refractivity contribution in [2.75, 3.05) is 0 Å². The first-order valence-electron chi connectivity index (χ1n) is 11.1. The van der Waals surface area contributed by atoms with Gasteiger partial charge in [-0.15, -0.1) is 0 Å². The summed E-state index contributed by atoms with van der Waals surface area (Å²) in [5.74, 6) is 0.703. The van der Waals surface area contributed by atoms with Crippen molar-refractivity contribution >= 4 is 10.9 Å². The Hall–Kier alpha value is -3.99. The summed E-state index contributed by atoms with van der Waals surface area (Å²) >= 11 is 0. The molecule has 33 heavy (non-hydrogen) atoms. The molecule has 0 aliphatic rings. The fraction of sp³-hybridized carbons (Fsp3) is 0.179. The van der Waals surface area contributed by atoms with Crippen LogP contribution in [0.2, 0.25) is 0 Å². The van der Waals surface area contributed by atoms with Crippen molar-refractivity contribution in [2.45, 2.75) is 33.7 Å². The van der Waals surface area contributed by atoms with Gasteiger partial charge < -0.3 is 9.09 Å². The van der Waals surface area contributed by atoms with Gasteiger partial charge in [0.25, 0.3) is 5.89 Å². The van der Waals surface area contributed by atoms with E-state index in [9.17, 15) is 4.79 Å². The lowest BCUT2D eigenvalue weighted by atomic mass is 10.1. The van der Waals surface area contributed by atoms with Crippen LogP contribution in [-0.4, -0.2) is 14.7 Å². The first kappa shape index (κ1) is 20.9. The SMILES string of the molecule is CCc1ccc2c(c1)c(=O)c(-c1nc(-c3ccc(C)cc3)no1)cn2Cc1cccc(C)c1. The van der Waals surface area contributed by atoms with E-state index in [-0.39, 0.29) is 11.3 Å². The highest BCUT2D eigenvalue weighted by Crippen LogP contribution is 2.24. The highest BCUT2D eigenvalue weighted by atomic mass is 16.5. The van der Waals surface area contributed by atoms with Crippen molar-refractivity contribution in [2.24, 2.45) is 0 Å².